The Balaban J connectivity index is 4.10. The lowest BCUT2D eigenvalue weighted by Gasteiger charge is -1.97. The van der Waals surface area contributed by atoms with Gasteiger partial charge in [-0.25, -0.2) is 0 Å². The molecule has 0 atom stereocenters. The molecule has 4 N–H and O–H groups in total. The fraction of sp³-hybridized carbons (Fsp3) is 0.429. The second kappa shape index (κ2) is 5.02. The van der Waals surface area contributed by atoms with E-state index in [1.165, 1.54) is 6.08 Å². The summed E-state index contributed by atoms with van der Waals surface area (Å²) >= 11 is 0. The second-order valence-electron chi connectivity index (χ2n) is 1.90. The van der Waals surface area contributed by atoms with Gasteiger partial charge in [-0.3, -0.25) is 0 Å². The van der Waals surface area contributed by atoms with E-state index >= 15 is 0 Å². The molecule has 0 aliphatic carbocycles. The lowest BCUT2D eigenvalue weighted by atomic mass is 10.2. The highest BCUT2D eigenvalue weighted by Crippen LogP contribution is 1.99. The largest absolute Gasteiger partial charge is 0.512 e. The summed E-state index contributed by atoms with van der Waals surface area (Å²) in [5.41, 5.74) is 5.91. The summed E-state index contributed by atoms with van der Waals surface area (Å²) < 4.78 is 0. The number of hydrogen-bond donors (Lipinski definition) is 3. The molecule has 10 heavy (non-hydrogen) atoms. The Kier molecular flexibility index (Phi) is 4.62. The van der Waals surface area contributed by atoms with Crippen LogP contribution in [0.4, 0.5) is 0 Å². The van der Waals surface area contributed by atoms with Gasteiger partial charge in [-0.2, -0.15) is 0 Å². The first-order chi connectivity index (χ1) is 4.72. The van der Waals surface area contributed by atoms with E-state index in [9.17, 15) is 0 Å². The van der Waals surface area contributed by atoms with Gasteiger partial charge in [0.05, 0.1) is 12.4 Å². The Morgan fingerprint density at radius 1 is 1.60 bits per heavy atom. The summed E-state index contributed by atoms with van der Waals surface area (Å²) in [5.74, 6) is 0.201. The van der Waals surface area contributed by atoms with Crippen LogP contribution in [0.25, 0.3) is 0 Å². The molecule has 0 radical (unpaired) electrons. The van der Waals surface area contributed by atoms with Crippen LogP contribution < -0.4 is 5.73 Å². The van der Waals surface area contributed by atoms with E-state index in [1.54, 1.807) is 13.0 Å². The monoisotopic (exact) mass is 143 g/mol. The highest BCUT2D eigenvalue weighted by Gasteiger charge is 1.91. The van der Waals surface area contributed by atoms with E-state index < -0.39 is 0 Å². The first kappa shape index (κ1) is 9.20. The van der Waals surface area contributed by atoms with E-state index in [0.717, 1.165) is 0 Å². The molecule has 0 aliphatic rings. The summed E-state index contributed by atoms with van der Waals surface area (Å²) in [6.45, 7) is 1.82. The molecule has 3 heteroatoms. The molecule has 0 unspecified atom stereocenters. The predicted octanol–water partition coefficient (Wildman–Crippen LogP) is 0.326. The smallest absolute Gasteiger partial charge is 0.0936 e. The van der Waals surface area contributed by atoms with Crippen molar-refractivity contribution in [2.75, 3.05) is 13.2 Å². The highest BCUT2D eigenvalue weighted by molar-refractivity contribution is 5.21. The Morgan fingerprint density at radius 2 is 2.20 bits per heavy atom. The van der Waals surface area contributed by atoms with Crippen LogP contribution in [-0.2, 0) is 0 Å². The highest BCUT2D eigenvalue weighted by atomic mass is 16.3. The molecule has 0 fully saturated rings. The van der Waals surface area contributed by atoms with E-state index in [2.05, 4.69) is 0 Å². The van der Waals surface area contributed by atoms with Gasteiger partial charge in [-0.05, 0) is 6.92 Å². The first-order valence-electron chi connectivity index (χ1n) is 3.08. The number of rotatable bonds is 3. The third-order valence-electron chi connectivity index (χ3n) is 1.11. The summed E-state index contributed by atoms with van der Waals surface area (Å²) in [6.07, 6.45) is 3.14. The lowest BCUT2D eigenvalue weighted by molar-refractivity contribution is 0.342. The first-order valence-corrected chi connectivity index (χ1v) is 3.08. The zero-order valence-corrected chi connectivity index (χ0v) is 6.04. The topological polar surface area (TPSA) is 66.5 Å². The number of aliphatic hydroxyl groups excluding tert-OH is 2. The van der Waals surface area contributed by atoms with Crippen molar-refractivity contribution in [3.63, 3.8) is 0 Å². The maximum absolute atomic E-state index is 8.91. The molecule has 0 rings (SSSR count). The van der Waals surface area contributed by atoms with E-state index in [1.807, 2.05) is 0 Å². The second-order valence-corrected chi connectivity index (χ2v) is 1.90. The Bertz CT molecular complexity index is 146. The number of aliphatic hydroxyl groups is 2. The van der Waals surface area contributed by atoms with Crippen LogP contribution in [0.15, 0.2) is 23.5 Å². The van der Waals surface area contributed by atoms with Crippen molar-refractivity contribution in [3.05, 3.63) is 23.5 Å². The van der Waals surface area contributed by atoms with Crippen LogP contribution in [0, 0.1) is 0 Å². The number of hydrogen-bond acceptors (Lipinski definition) is 3. The zero-order valence-electron chi connectivity index (χ0n) is 6.04. The average Bonchev–Trinajstić information content (AvgIpc) is 1.89. The summed E-state index contributed by atoms with van der Waals surface area (Å²) in [4.78, 5) is 0. The maximum Gasteiger partial charge on any atom is 0.0936 e. The molecule has 0 saturated heterocycles. The lowest BCUT2D eigenvalue weighted by Crippen LogP contribution is -2.03. The normalized spacial score (nSPS) is 13.9. The molecule has 0 saturated carbocycles. The van der Waals surface area contributed by atoms with E-state index in [0.29, 0.717) is 12.1 Å². The van der Waals surface area contributed by atoms with Gasteiger partial charge in [0.25, 0.3) is 0 Å². The molecule has 0 aromatic carbocycles. The van der Waals surface area contributed by atoms with Gasteiger partial charge in [-0.1, -0.05) is 12.2 Å². The minimum Gasteiger partial charge on any atom is -0.512 e. The van der Waals surface area contributed by atoms with Gasteiger partial charge in [0.2, 0.25) is 0 Å². The Labute approximate surface area is 60.5 Å². The van der Waals surface area contributed by atoms with Crippen molar-refractivity contribution < 1.29 is 10.2 Å². The molecule has 0 aromatic rings. The van der Waals surface area contributed by atoms with Gasteiger partial charge >= 0.3 is 0 Å². The molecule has 0 aliphatic heterocycles. The summed E-state index contributed by atoms with van der Waals surface area (Å²) in [6, 6.07) is 0. The van der Waals surface area contributed by atoms with Crippen LogP contribution >= 0.6 is 0 Å². The average molecular weight is 143 g/mol. The molecule has 58 valence electrons. The molecule has 0 aromatic heterocycles. The number of nitrogens with two attached hydrogens (primary N) is 1. The molecule has 0 bridgehead atoms. The van der Waals surface area contributed by atoms with Crippen LogP contribution in [0.2, 0.25) is 0 Å². The minimum absolute atomic E-state index is 0.0310. The predicted molar refractivity (Wildman–Crippen MR) is 40.6 cm³/mol. The van der Waals surface area contributed by atoms with Gasteiger partial charge < -0.3 is 15.9 Å². The van der Waals surface area contributed by atoms with Crippen molar-refractivity contribution in [1.82, 2.24) is 0 Å². The van der Waals surface area contributed by atoms with Gasteiger partial charge in [0, 0.05) is 12.1 Å². The van der Waals surface area contributed by atoms with Crippen molar-refractivity contribution in [1.29, 1.82) is 0 Å². The van der Waals surface area contributed by atoms with E-state index in [-0.39, 0.29) is 12.4 Å². The molecule has 0 spiro atoms. The summed E-state index contributed by atoms with van der Waals surface area (Å²) in [5, 5.41) is 17.3. The fourth-order valence-corrected chi connectivity index (χ4v) is 0.531. The molecule has 3 nitrogen and oxygen atoms in total. The maximum atomic E-state index is 8.91. The van der Waals surface area contributed by atoms with Crippen LogP contribution in [0.1, 0.15) is 6.92 Å². The van der Waals surface area contributed by atoms with Gasteiger partial charge in [0.1, 0.15) is 0 Å². The quantitative estimate of drug-likeness (QED) is 0.394. The van der Waals surface area contributed by atoms with Crippen molar-refractivity contribution >= 4 is 0 Å². The Morgan fingerprint density at radius 3 is 2.50 bits per heavy atom. The van der Waals surface area contributed by atoms with Crippen LogP contribution in [0.3, 0.4) is 0 Å². The molecular formula is C7H13NO2. The molecule has 0 amide bonds. The van der Waals surface area contributed by atoms with Crippen LogP contribution in [-0.4, -0.2) is 23.4 Å². The molecular weight excluding hydrogens is 130 g/mol. The van der Waals surface area contributed by atoms with Crippen molar-refractivity contribution in [2.24, 2.45) is 5.73 Å². The SMILES string of the molecule is C/C(O)=C(\C=C/CO)CN. The minimum atomic E-state index is -0.0310. The Hall–Kier alpha value is -0.800. The third-order valence-corrected chi connectivity index (χ3v) is 1.11. The van der Waals surface area contributed by atoms with E-state index in [4.69, 9.17) is 15.9 Å². The third kappa shape index (κ3) is 3.27. The van der Waals surface area contributed by atoms with Crippen molar-refractivity contribution in [3.8, 4) is 0 Å². The van der Waals surface area contributed by atoms with Gasteiger partial charge in [0.15, 0.2) is 0 Å². The number of allylic oxidation sites excluding steroid dienone is 1. The van der Waals surface area contributed by atoms with Gasteiger partial charge in [-0.15, -0.1) is 0 Å². The standard InChI is InChI=1S/C7H13NO2/c1-6(10)7(5-8)3-2-4-9/h2-3,9-10H,4-5,8H2,1H3/b3-2-,7-6-. The fourth-order valence-electron chi connectivity index (χ4n) is 0.531. The molecule has 0 heterocycles. The van der Waals surface area contributed by atoms with Crippen LogP contribution in [0.5, 0.6) is 0 Å². The zero-order chi connectivity index (χ0) is 7.98. The summed E-state index contributed by atoms with van der Waals surface area (Å²) in [7, 11) is 0. The van der Waals surface area contributed by atoms with Crippen molar-refractivity contribution in [2.45, 2.75) is 6.92 Å².